The summed E-state index contributed by atoms with van der Waals surface area (Å²) in [5, 5.41) is 11.0. The Balaban J connectivity index is 3.64. The lowest BCUT2D eigenvalue weighted by Crippen LogP contribution is -2.32. The van der Waals surface area contributed by atoms with Crippen molar-refractivity contribution in [3.05, 3.63) is 12.2 Å². The Kier molecular flexibility index (Phi) is 6.41. The fraction of sp³-hybridized carbons (Fsp3) is 0.636. The van der Waals surface area contributed by atoms with Crippen LogP contribution in [0.1, 0.15) is 27.2 Å². The van der Waals surface area contributed by atoms with Gasteiger partial charge in [0.25, 0.3) is 0 Å². The van der Waals surface area contributed by atoms with Gasteiger partial charge < -0.3 is 15.2 Å². The summed E-state index contributed by atoms with van der Waals surface area (Å²) in [5.41, 5.74) is -0.507. The fourth-order valence-corrected chi connectivity index (χ4v) is 0.839. The van der Waals surface area contributed by atoms with Crippen LogP contribution in [0.5, 0.6) is 0 Å². The summed E-state index contributed by atoms with van der Waals surface area (Å²) in [7, 11) is 0. The molecule has 0 saturated heterocycles. The number of ether oxygens (including phenoxy) is 1. The van der Waals surface area contributed by atoms with Crippen LogP contribution in [0, 0.1) is 0 Å². The second-order valence-corrected chi connectivity index (χ2v) is 4.24. The van der Waals surface area contributed by atoms with Crippen molar-refractivity contribution < 1.29 is 19.4 Å². The number of aliphatic hydroxyl groups excluding tert-OH is 1. The molecule has 0 aliphatic carbocycles. The van der Waals surface area contributed by atoms with Crippen LogP contribution in [0.25, 0.3) is 0 Å². The van der Waals surface area contributed by atoms with Crippen LogP contribution in [0.3, 0.4) is 0 Å². The van der Waals surface area contributed by atoms with E-state index in [4.69, 9.17) is 9.84 Å². The molecule has 0 saturated carbocycles. The first-order chi connectivity index (χ1) is 7.35. The Bertz CT molecular complexity index is 266. The lowest BCUT2D eigenvalue weighted by Gasteiger charge is -2.19. The van der Waals surface area contributed by atoms with Crippen molar-refractivity contribution in [1.82, 2.24) is 5.32 Å². The molecule has 0 aromatic heterocycles. The minimum absolute atomic E-state index is 0.350. The maximum Gasteiger partial charge on any atom is 0.407 e. The normalized spacial score (nSPS) is 11.5. The molecule has 0 bridgehead atoms. The van der Waals surface area contributed by atoms with Gasteiger partial charge in [-0.3, -0.25) is 4.79 Å². The summed E-state index contributed by atoms with van der Waals surface area (Å²) in [5.74, 6) is -0.350. The Morgan fingerprint density at radius 2 is 2.00 bits per heavy atom. The number of alkyl carbamates (subject to hydrolysis) is 1. The Morgan fingerprint density at radius 1 is 1.38 bits per heavy atom. The first-order valence-corrected chi connectivity index (χ1v) is 5.12. The molecule has 0 spiro atoms. The third-order valence-electron chi connectivity index (χ3n) is 1.44. The maximum atomic E-state index is 11.1. The van der Waals surface area contributed by atoms with Gasteiger partial charge in [-0.1, -0.05) is 6.08 Å². The maximum absolute atomic E-state index is 11.1. The zero-order valence-corrected chi connectivity index (χ0v) is 9.95. The van der Waals surface area contributed by atoms with Crippen LogP contribution in [0.2, 0.25) is 0 Å². The first-order valence-electron chi connectivity index (χ1n) is 5.12. The van der Waals surface area contributed by atoms with Crippen LogP contribution in [0.4, 0.5) is 4.79 Å². The predicted molar refractivity (Wildman–Crippen MR) is 60.1 cm³/mol. The highest BCUT2D eigenvalue weighted by Gasteiger charge is 2.14. The third kappa shape index (κ3) is 9.21. The molecule has 0 aliphatic heterocycles. The van der Waals surface area contributed by atoms with Gasteiger partial charge in [-0.25, -0.2) is 4.79 Å². The topological polar surface area (TPSA) is 75.6 Å². The molecule has 0 aliphatic rings. The summed E-state index contributed by atoms with van der Waals surface area (Å²) < 4.78 is 5.01. The molecule has 0 fully saturated rings. The largest absolute Gasteiger partial charge is 0.444 e. The van der Waals surface area contributed by atoms with Crippen LogP contribution in [0.15, 0.2) is 12.2 Å². The standard InChI is InChI=1S/C11H19NO4/c1-11(2,3)16-10(15)12-7-5-4-6-9(14)8-13/h4,6,13H,5,7-8H2,1-3H3,(H,12,15). The molecule has 5 nitrogen and oxygen atoms in total. The molecule has 2 N–H and O–H groups in total. The molecular weight excluding hydrogens is 210 g/mol. The van der Waals surface area contributed by atoms with Crippen molar-refractivity contribution in [2.75, 3.05) is 13.2 Å². The summed E-state index contributed by atoms with van der Waals surface area (Å²) >= 11 is 0. The van der Waals surface area contributed by atoms with E-state index >= 15 is 0 Å². The fourth-order valence-electron chi connectivity index (χ4n) is 0.839. The number of hydrogen-bond donors (Lipinski definition) is 2. The van der Waals surface area contributed by atoms with Gasteiger partial charge in [0.05, 0.1) is 0 Å². The lowest BCUT2D eigenvalue weighted by atomic mass is 10.2. The van der Waals surface area contributed by atoms with Gasteiger partial charge in [0.15, 0.2) is 5.78 Å². The van der Waals surface area contributed by atoms with Crippen LogP contribution < -0.4 is 5.32 Å². The van der Waals surface area contributed by atoms with E-state index in [1.165, 1.54) is 6.08 Å². The molecule has 1 amide bonds. The number of ketones is 1. The smallest absolute Gasteiger partial charge is 0.407 e. The molecule has 0 aromatic rings. The molecule has 0 rings (SSSR count). The average Bonchev–Trinajstić information content (AvgIpc) is 2.14. The number of carbonyl (C=O) groups excluding carboxylic acids is 2. The Morgan fingerprint density at radius 3 is 2.50 bits per heavy atom. The molecule has 16 heavy (non-hydrogen) atoms. The summed E-state index contributed by atoms with van der Waals surface area (Å²) in [6.45, 7) is 5.26. The van der Waals surface area contributed by atoms with E-state index in [2.05, 4.69) is 5.32 Å². The highest BCUT2D eigenvalue weighted by atomic mass is 16.6. The minimum atomic E-state index is -0.507. The zero-order chi connectivity index (χ0) is 12.6. The Hall–Kier alpha value is -1.36. The van der Waals surface area contributed by atoms with Crippen molar-refractivity contribution in [1.29, 1.82) is 0 Å². The van der Waals surface area contributed by atoms with Crippen molar-refractivity contribution in [2.45, 2.75) is 32.8 Å². The molecule has 0 atom stereocenters. The number of rotatable bonds is 5. The molecular formula is C11H19NO4. The molecule has 5 heteroatoms. The molecule has 0 aromatic carbocycles. The average molecular weight is 229 g/mol. The zero-order valence-electron chi connectivity index (χ0n) is 9.95. The van der Waals surface area contributed by atoms with Crippen molar-refractivity contribution in [3.63, 3.8) is 0 Å². The van der Waals surface area contributed by atoms with E-state index < -0.39 is 18.3 Å². The molecule has 0 heterocycles. The molecule has 0 radical (unpaired) electrons. The van der Waals surface area contributed by atoms with Crippen molar-refractivity contribution in [3.8, 4) is 0 Å². The van der Waals surface area contributed by atoms with Crippen LogP contribution in [-0.2, 0) is 9.53 Å². The van der Waals surface area contributed by atoms with E-state index in [1.807, 2.05) is 0 Å². The van der Waals surface area contributed by atoms with E-state index in [9.17, 15) is 9.59 Å². The monoisotopic (exact) mass is 229 g/mol. The van der Waals surface area contributed by atoms with E-state index in [-0.39, 0.29) is 5.78 Å². The van der Waals surface area contributed by atoms with E-state index in [1.54, 1.807) is 26.8 Å². The van der Waals surface area contributed by atoms with Gasteiger partial charge in [0, 0.05) is 6.54 Å². The lowest BCUT2D eigenvalue weighted by molar-refractivity contribution is -0.117. The first kappa shape index (κ1) is 14.6. The van der Waals surface area contributed by atoms with E-state index in [0.29, 0.717) is 13.0 Å². The van der Waals surface area contributed by atoms with Gasteiger partial charge >= 0.3 is 6.09 Å². The number of amides is 1. The summed E-state index contributed by atoms with van der Waals surface area (Å²) in [6, 6.07) is 0. The van der Waals surface area contributed by atoms with Gasteiger partial charge in [0.1, 0.15) is 12.2 Å². The van der Waals surface area contributed by atoms with Crippen molar-refractivity contribution >= 4 is 11.9 Å². The third-order valence-corrected chi connectivity index (χ3v) is 1.44. The SMILES string of the molecule is CC(C)(C)OC(=O)NCCC=CC(=O)CO. The second-order valence-electron chi connectivity index (χ2n) is 4.24. The van der Waals surface area contributed by atoms with Crippen molar-refractivity contribution in [2.24, 2.45) is 0 Å². The quantitative estimate of drug-likeness (QED) is 0.545. The van der Waals surface area contributed by atoms with Gasteiger partial charge in [-0.2, -0.15) is 0 Å². The van der Waals surface area contributed by atoms with Gasteiger partial charge in [0.2, 0.25) is 0 Å². The summed E-state index contributed by atoms with van der Waals surface area (Å²) in [6.07, 6.45) is 2.92. The number of hydrogen-bond acceptors (Lipinski definition) is 4. The number of aliphatic hydroxyl groups is 1. The van der Waals surface area contributed by atoms with Crippen LogP contribution >= 0.6 is 0 Å². The highest BCUT2D eigenvalue weighted by molar-refractivity contribution is 5.90. The van der Waals surface area contributed by atoms with Gasteiger partial charge in [-0.15, -0.1) is 0 Å². The van der Waals surface area contributed by atoms with Crippen LogP contribution in [-0.4, -0.2) is 35.7 Å². The van der Waals surface area contributed by atoms with Gasteiger partial charge in [-0.05, 0) is 33.3 Å². The Labute approximate surface area is 95.5 Å². The van der Waals surface area contributed by atoms with E-state index in [0.717, 1.165) is 0 Å². The molecule has 92 valence electrons. The summed E-state index contributed by atoms with van der Waals surface area (Å²) in [4.78, 5) is 21.8. The molecule has 0 unspecified atom stereocenters. The second kappa shape index (κ2) is 7.00. The minimum Gasteiger partial charge on any atom is -0.444 e. The number of nitrogens with one attached hydrogen (secondary N) is 1. The number of carbonyl (C=O) groups is 2. The highest BCUT2D eigenvalue weighted by Crippen LogP contribution is 2.06. The predicted octanol–water partition coefficient (Wildman–Crippen LogP) is 1.02.